The third kappa shape index (κ3) is 11.5. The molecule has 0 bridgehead atoms. The fourth-order valence-electron chi connectivity index (χ4n) is 6.66. The van der Waals surface area contributed by atoms with Gasteiger partial charge in [-0.3, -0.25) is 34.7 Å². The van der Waals surface area contributed by atoms with E-state index >= 15 is 0 Å². The maximum atomic E-state index is 12.9. The minimum atomic E-state index is -0.358. The zero-order valence-electron chi connectivity index (χ0n) is 35.2. The number of rotatable bonds is 11. The lowest BCUT2D eigenvalue weighted by Gasteiger charge is -2.30. The van der Waals surface area contributed by atoms with Gasteiger partial charge in [0.05, 0.1) is 35.1 Å². The van der Waals surface area contributed by atoms with Crippen LogP contribution in [-0.2, 0) is 0 Å². The van der Waals surface area contributed by atoms with Gasteiger partial charge in [-0.25, -0.2) is 29.7 Å². The van der Waals surface area contributed by atoms with Crippen molar-refractivity contribution in [3.05, 3.63) is 115 Å². The van der Waals surface area contributed by atoms with Crippen molar-refractivity contribution in [3.8, 4) is 22.8 Å². The van der Waals surface area contributed by atoms with Gasteiger partial charge in [0.1, 0.15) is 22.9 Å². The second kappa shape index (κ2) is 21.7. The van der Waals surface area contributed by atoms with Crippen molar-refractivity contribution >= 4 is 52.3 Å². The number of aromatic nitrogens is 8. The summed E-state index contributed by atoms with van der Waals surface area (Å²) >= 11 is 0. The van der Waals surface area contributed by atoms with Gasteiger partial charge in [0.2, 0.25) is 0 Å². The molecule has 6 aromatic rings. The highest BCUT2D eigenvalue weighted by Gasteiger charge is 2.20. The largest absolute Gasteiger partial charge is 0.367 e. The fraction of sp³-hybridized carbons (Fsp3) is 0.256. The van der Waals surface area contributed by atoms with Gasteiger partial charge in [-0.15, -0.1) is 0 Å². The van der Waals surface area contributed by atoms with E-state index in [1.165, 1.54) is 18.6 Å². The van der Waals surface area contributed by atoms with E-state index in [2.05, 4.69) is 86.9 Å². The normalized spacial score (nSPS) is 13.4. The molecule has 5 amide bonds. The minimum absolute atomic E-state index is 0.218. The molecule has 0 spiro atoms. The van der Waals surface area contributed by atoms with E-state index in [1.54, 1.807) is 74.4 Å². The van der Waals surface area contributed by atoms with E-state index in [-0.39, 0.29) is 40.8 Å². The molecule has 328 valence electrons. The molecule has 64 heavy (non-hydrogen) atoms. The highest BCUT2D eigenvalue weighted by atomic mass is 16.2. The first kappa shape index (κ1) is 44.0. The monoisotopic (exact) mass is 865 g/mol. The average molecular weight is 866 g/mol. The highest BCUT2D eigenvalue weighted by Crippen LogP contribution is 2.27. The van der Waals surface area contributed by atoms with Crippen molar-refractivity contribution < 1.29 is 19.2 Å². The van der Waals surface area contributed by atoms with E-state index in [0.717, 1.165) is 63.7 Å². The Labute approximate surface area is 368 Å². The average Bonchev–Trinajstić information content (AvgIpc) is 3.35. The Morgan fingerprint density at radius 2 is 1.08 bits per heavy atom. The predicted molar refractivity (Wildman–Crippen MR) is 241 cm³/mol. The summed E-state index contributed by atoms with van der Waals surface area (Å²) in [6.07, 6.45) is 12.8. The number of piperazine rings is 2. The van der Waals surface area contributed by atoms with E-state index < -0.39 is 0 Å². The number of hydrogen-bond acceptors (Lipinski definition) is 16. The molecule has 0 radical (unpaired) electrons. The molecular formula is C43H47N17O4. The van der Waals surface area contributed by atoms with Crippen LogP contribution in [0.4, 0.5) is 33.4 Å². The van der Waals surface area contributed by atoms with Crippen LogP contribution in [0.2, 0.25) is 0 Å². The van der Waals surface area contributed by atoms with Gasteiger partial charge in [0, 0.05) is 114 Å². The van der Waals surface area contributed by atoms with Gasteiger partial charge in [0.25, 0.3) is 17.7 Å². The van der Waals surface area contributed by atoms with Gasteiger partial charge in [-0.1, -0.05) is 0 Å². The van der Waals surface area contributed by atoms with Gasteiger partial charge in [-0.2, -0.15) is 0 Å². The van der Waals surface area contributed by atoms with Crippen LogP contribution in [0.25, 0.3) is 22.8 Å². The highest BCUT2D eigenvalue weighted by molar-refractivity contribution is 6.05. The Kier molecular flexibility index (Phi) is 14.9. The molecule has 2 saturated heterocycles. The molecule has 2 aliphatic rings. The van der Waals surface area contributed by atoms with Crippen molar-refractivity contribution in [3.63, 3.8) is 0 Å². The number of hydrogen-bond donors (Lipinski definition) is 7. The Morgan fingerprint density at radius 3 is 1.53 bits per heavy atom. The van der Waals surface area contributed by atoms with Crippen molar-refractivity contribution in [2.75, 3.05) is 91.7 Å². The second-order valence-corrected chi connectivity index (χ2v) is 14.1. The summed E-state index contributed by atoms with van der Waals surface area (Å²) in [4.78, 5) is 87.4. The molecule has 0 atom stereocenters. The molecule has 8 heterocycles. The van der Waals surface area contributed by atoms with Gasteiger partial charge >= 0.3 is 6.03 Å². The molecule has 0 unspecified atom stereocenters. The predicted octanol–water partition coefficient (Wildman–Crippen LogP) is 2.69. The van der Waals surface area contributed by atoms with Crippen molar-refractivity contribution in [1.82, 2.24) is 61.1 Å². The summed E-state index contributed by atoms with van der Waals surface area (Å²) in [7, 11) is 1.54. The van der Waals surface area contributed by atoms with E-state index in [0.29, 0.717) is 46.5 Å². The maximum absolute atomic E-state index is 12.9. The second-order valence-electron chi connectivity index (χ2n) is 14.1. The third-order valence-corrected chi connectivity index (χ3v) is 9.87. The van der Waals surface area contributed by atoms with E-state index in [4.69, 9.17) is 0 Å². The maximum Gasteiger partial charge on any atom is 0.320 e. The van der Waals surface area contributed by atoms with Crippen LogP contribution in [-0.4, -0.2) is 130 Å². The first-order valence-corrected chi connectivity index (χ1v) is 20.6. The number of carbonyl (C=O) groups excluding carboxylic acids is 4. The number of nitrogens with zero attached hydrogens (tertiary/aromatic N) is 10. The van der Waals surface area contributed by atoms with E-state index in [1.807, 2.05) is 19.1 Å². The summed E-state index contributed by atoms with van der Waals surface area (Å²) < 4.78 is 0. The lowest BCUT2D eigenvalue weighted by atomic mass is 10.2. The summed E-state index contributed by atoms with van der Waals surface area (Å²) in [6, 6.07) is 13.2. The lowest BCUT2D eigenvalue weighted by Crippen LogP contribution is -2.43. The molecule has 6 aromatic heterocycles. The van der Waals surface area contributed by atoms with Gasteiger partial charge in [0.15, 0.2) is 11.6 Å². The van der Waals surface area contributed by atoms with Crippen LogP contribution >= 0.6 is 0 Å². The van der Waals surface area contributed by atoms with Crippen LogP contribution in [0.1, 0.15) is 38.4 Å². The molecular weight excluding hydrogens is 819 g/mol. The lowest BCUT2D eigenvalue weighted by molar-refractivity contribution is 0.0956. The number of anilines is 5. The van der Waals surface area contributed by atoms with Crippen molar-refractivity contribution in [1.29, 1.82) is 0 Å². The van der Waals surface area contributed by atoms with Crippen molar-refractivity contribution in [2.45, 2.75) is 6.92 Å². The Balaban J connectivity index is 0.000000192. The Hall–Kier alpha value is -8.04. The van der Waals surface area contributed by atoms with E-state index in [9.17, 15) is 19.2 Å². The minimum Gasteiger partial charge on any atom is -0.367 e. The summed E-state index contributed by atoms with van der Waals surface area (Å²) in [5, 5.41) is 20.3. The standard InChI is InChI=1S/C22H25N9O2.C21H22N8O2/c1-2-25-22(33)30-19-4-3-15(13-27-19)20-26-8-5-16(28-20)21(32)29-17-14-24-7-6-18(17)31-11-9-23-10-12-31;1-22-20(30)15-3-2-14(12-26-15)19-25-7-4-16(27-19)21(31)28-17-13-24-6-5-18(17)29-10-8-23-9-11-29/h3-8,13-14,23H,2,9-12H2,1H3,(H,29,32)(H2,25,27,30,33);2-7,12-13,23H,8-11H2,1H3,(H,22,30)(H,28,31). The summed E-state index contributed by atoms with van der Waals surface area (Å²) in [6.45, 7) is 9.29. The zero-order valence-corrected chi connectivity index (χ0v) is 35.2. The first-order valence-electron chi connectivity index (χ1n) is 20.6. The smallest absolute Gasteiger partial charge is 0.320 e. The molecule has 8 rings (SSSR count). The third-order valence-electron chi connectivity index (χ3n) is 9.87. The molecule has 2 fully saturated rings. The molecule has 2 aliphatic heterocycles. The number of nitrogens with one attached hydrogen (secondary N) is 7. The van der Waals surface area contributed by atoms with Crippen LogP contribution in [0.3, 0.4) is 0 Å². The topological polar surface area (TPSA) is 262 Å². The SMILES string of the molecule is CCNC(=O)Nc1ccc(-c2nccc(C(=O)Nc3cnccc3N3CCNCC3)n2)cn1.CNC(=O)c1ccc(-c2nccc(C(=O)Nc3cnccc3N3CCNCC3)n2)cn1. The number of pyridine rings is 4. The molecule has 7 N–H and O–H groups in total. The van der Waals surface area contributed by atoms with Gasteiger partial charge in [-0.05, 0) is 55.5 Å². The molecule has 0 aliphatic carbocycles. The number of urea groups is 1. The Bertz CT molecular complexity index is 2550. The number of carbonyl (C=O) groups is 4. The number of amides is 5. The fourth-order valence-corrected chi connectivity index (χ4v) is 6.66. The quantitative estimate of drug-likeness (QED) is 0.0988. The van der Waals surface area contributed by atoms with Crippen LogP contribution in [0, 0.1) is 0 Å². The van der Waals surface area contributed by atoms with Crippen LogP contribution in [0.15, 0.2) is 98.1 Å². The zero-order chi connectivity index (χ0) is 44.7. The van der Waals surface area contributed by atoms with Crippen molar-refractivity contribution in [2.24, 2.45) is 0 Å². The Morgan fingerprint density at radius 1 is 0.562 bits per heavy atom. The molecule has 21 heteroatoms. The van der Waals surface area contributed by atoms with Crippen LogP contribution in [0.5, 0.6) is 0 Å². The first-order chi connectivity index (χ1) is 31.3. The van der Waals surface area contributed by atoms with Crippen LogP contribution < -0.4 is 47.0 Å². The molecule has 0 aromatic carbocycles. The molecule has 0 saturated carbocycles. The summed E-state index contributed by atoms with van der Waals surface area (Å²) in [5.74, 6) is 0.104. The summed E-state index contributed by atoms with van der Waals surface area (Å²) in [5.41, 5.74) is 5.06. The van der Waals surface area contributed by atoms with Gasteiger partial charge < -0.3 is 41.7 Å². The molecule has 21 nitrogen and oxygen atoms in total.